The summed E-state index contributed by atoms with van der Waals surface area (Å²) in [4.78, 5) is 16.4. The summed E-state index contributed by atoms with van der Waals surface area (Å²) in [6.07, 6.45) is 3.15. The van der Waals surface area contributed by atoms with Gasteiger partial charge in [0.25, 0.3) is 0 Å². The van der Waals surface area contributed by atoms with Gasteiger partial charge in [-0.15, -0.1) is 5.10 Å². The summed E-state index contributed by atoms with van der Waals surface area (Å²) in [7, 11) is 0. The van der Waals surface area contributed by atoms with Gasteiger partial charge in [0.15, 0.2) is 5.69 Å². The van der Waals surface area contributed by atoms with E-state index in [1.54, 1.807) is 35.3 Å². The summed E-state index contributed by atoms with van der Waals surface area (Å²) in [5.41, 5.74) is 3.28. The molecule has 2 heterocycles. The SMILES string of the molecule is Cc1ccc(-n2nnc(C(=O)c3ccncc3)c2C)cc1Cl. The van der Waals surface area contributed by atoms with E-state index in [4.69, 9.17) is 11.6 Å². The van der Waals surface area contributed by atoms with Crippen LogP contribution >= 0.6 is 11.6 Å². The Balaban J connectivity index is 2.02. The molecule has 5 nitrogen and oxygen atoms in total. The Morgan fingerprint density at radius 2 is 1.86 bits per heavy atom. The minimum absolute atomic E-state index is 0.177. The molecular weight excluding hydrogens is 300 g/mol. The lowest BCUT2D eigenvalue weighted by Crippen LogP contribution is -2.05. The molecule has 110 valence electrons. The lowest BCUT2D eigenvalue weighted by Gasteiger charge is -2.05. The number of carbonyl (C=O) groups is 1. The number of benzene rings is 1. The Labute approximate surface area is 132 Å². The maximum atomic E-state index is 12.5. The minimum atomic E-state index is -0.177. The molecule has 0 radical (unpaired) electrons. The Hall–Kier alpha value is -2.53. The molecule has 1 aromatic carbocycles. The van der Waals surface area contributed by atoms with E-state index in [-0.39, 0.29) is 5.78 Å². The van der Waals surface area contributed by atoms with Gasteiger partial charge in [-0.1, -0.05) is 22.9 Å². The fraction of sp³-hybridized carbons (Fsp3) is 0.125. The van der Waals surface area contributed by atoms with E-state index in [9.17, 15) is 4.79 Å². The van der Waals surface area contributed by atoms with Gasteiger partial charge in [-0.25, -0.2) is 4.68 Å². The number of halogens is 1. The highest BCUT2D eigenvalue weighted by molar-refractivity contribution is 6.31. The summed E-state index contributed by atoms with van der Waals surface area (Å²) in [6, 6.07) is 8.92. The van der Waals surface area contributed by atoms with E-state index in [2.05, 4.69) is 15.3 Å². The van der Waals surface area contributed by atoms with Crippen LogP contribution in [0, 0.1) is 13.8 Å². The first kappa shape index (κ1) is 14.4. The van der Waals surface area contributed by atoms with Gasteiger partial charge in [0, 0.05) is 23.0 Å². The number of rotatable bonds is 3. The first-order chi connectivity index (χ1) is 10.6. The van der Waals surface area contributed by atoms with E-state index in [1.165, 1.54) is 0 Å². The second-order valence-electron chi connectivity index (χ2n) is 4.93. The van der Waals surface area contributed by atoms with Crippen LogP contribution in [0.5, 0.6) is 0 Å². The van der Waals surface area contributed by atoms with E-state index in [0.717, 1.165) is 11.3 Å². The van der Waals surface area contributed by atoms with Crippen LogP contribution in [0.3, 0.4) is 0 Å². The highest BCUT2D eigenvalue weighted by Gasteiger charge is 2.19. The van der Waals surface area contributed by atoms with Crippen molar-refractivity contribution in [3.05, 3.63) is 70.3 Å². The molecule has 0 spiro atoms. The number of carbonyl (C=O) groups excluding carboxylic acids is 1. The number of pyridine rings is 1. The third kappa shape index (κ3) is 2.51. The Morgan fingerprint density at radius 3 is 2.55 bits per heavy atom. The molecule has 0 aliphatic rings. The number of ketones is 1. The summed E-state index contributed by atoms with van der Waals surface area (Å²) in [5.74, 6) is -0.177. The second kappa shape index (κ2) is 5.69. The standard InChI is InChI=1S/C16H13ClN4O/c1-10-3-4-13(9-14(10)17)21-11(2)15(19-20-21)16(22)12-5-7-18-8-6-12/h3-9H,1-2H3. The molecule has 0 aliphatic heterocycles. The lowest BCUT2D eigenvalue weighted by molar-refractivity contribution is 0.103. The molecule has 3 aromatic rings. The van der Waals surface area contributed by atoms with Crippen molar-refractivity contribution < 1.29 is 4.79 Å². The third-order valence-corrected chi connectivity index (χ3v) is 3.86. The van der Waals surface area contributed by atoms with Gasteiger partial charge in [0.2, 0.25) is 5.78 Å². The van der Waals surface area contributed by atoms with Gasteiger partial charge >= 0.3 is 0 Å². The van der Waals surface area contributed by atoms with E-state index < -0.39 is 0 Å². The molecule has 0 aliphatic carbocycles. The van der Waals surface area contributed by atoms with Gasteiger partial charge in [-0.05, 0) is 43.7 Å². The third-order valence-electron chi connectivity index (χ3n) is 3.45. The van der Waals surface area contributed by atoms with Gasteiger partial charge in [-0.3, -0.25) is 9.78 Å². The molecule has 22 heavy (non-hydrogen) atoms. The molecule has 6 heteroatoms. The van der Waals surface area contributed by atoms with Crippen LogP contribution in [0.15, 0.2) is 42.7 Å². The predicted octanol–water partition coefficient (Wildman–Crippen LogP) is 3.16. The fourth-order valence-corrected chi connectivity index (χ4v) is 2.31. The van der Waals surface area contributed by atoms with E-state index in [1.807, 2.05) is 26.0 Å². The van der Waals surface area contributed by atoms with Crippen LogP contribution in [0.25, 0.3) is 5.69 Å². The van der Waals surface area contributed by atoms with Crippen LogP contribution < -0.4 is 0 Å². The number of hydrogen-bond donors (Lipinski definition) is 0. The highest BCUT2D eigenvalue weighted by atomic mass is 35.5. The smallest absolute Gasteiger partial charge is 0.215 e. The largest absolute Gasteiger partial charge is 0.287 e. The number of aryl methyl sites for hydroxylation is 1. The fourth-order valence-electron chi connectivity index (χ4n) is 2.14. The van der Waals surface area contributed by atoms with Crippen LogP contribution in [0.1, 0.15) is 27.3 Å². The lowest BCUT2D eigenvalue weighted by atomic mass is 10.1. The molecule has 0 unspecified atom stereocenters. The Kier molecular flexibility index (Phi) is 3.73. The van der Waals surface area contributed by atoms with E-state index >= 15 is 0 Å². The molecule has 0 N–H and O–H groups in total. The number of aromatic nitrogens is 4. The van der Waals surface area contributed by atoms with Crippen molar-refractivity contribution in [2.45, 2.75) is 13.8 Å². The highest BCUT2D eigenvalue weighted by Crippen LogP contribution is 2.21. The Bertz CT molecular complexity index is 843. The van der Waals surface area contributed by atoms with Crippen molar-refractivity contribution in [1.82, 2.24) is 20.0 Å². The second-order valence-corrected chi connectivity index (χ2v) is 5.34. The molecule has 0 fully saturated rings. The molecule has 3 rings (SSSR count). The molecule has 0 saturated carbocycles. The van der Waals surface area contributed by atoms with Crippen molar-refractivity contribution in [1.29, 1.82) is 0 Å². The van der Waals surface area contributed by atoms with Crippen molar-refractivity contribution in [3.63, 3.8) is 0 Å². The average Bonchev–Trinajstić information content (AvgIpc) is 2.92. The van der Waals surface area contributed by atoms with Crippen LogP contribution in [0.4, 0.5) is 0 Å². The topological polar surface area (TPSA) is 60.7 Å². The van der Waals surface area contributed by atoms with Crippen LogP contribution in [0.2, 0.25) is 5.02 Å². The Morgan fingerprint density at radius 1 is 1.14 bits per heavy atom. The zero-order valence-corrected chi connectivity index (χ0v) is 12.9. The summed E-state index contributed by atoms with van der Waals surface area (Å²) in [6.45, 7) is 3.74. The van der Waals surface area contributed by atoms with E-state index in [0.29, 0.717) is 22.0 Å². The van der Waals surface area contributed by atoms with Gasteiger partial charge in [0.05, 0.1) is 11.4 Å². The molecule has 0 saturated heterocycles. The quantitative estimate of drug-likeness (QED) is 0.697. The minimum Gasteiger partial charge on any atom is -0.287 e. The maximum absolute atomic E-state index is 12.5. The molecule has 0 bridgehead atoms. The first-order valence-corrected chi connectivity index (χ1v) is 7.09. The molecule has 0 atom stereocenters. The van der Waals surface area contributed by atoms with Crippen LogP contribution in [-0.4, -0.2) is 25.8 Å². The van der Waals surface area contributed by atoms with Crippen molar-refractivity contribution in [2.75, 3.05) is 0 Å². The average molecular weight is 313 g/mol. The molecule has 0 amide bonds. The van der Waals surface area contributed by atoms with Gasteiger partial charge in [0.1, 0.15) is 0 Å². The zero-order chi connectivity index (χ0) is 15.7. The predicted molar refractivity (Wildman–Crippen MR) is 83.5 cm³/mol. The van der Waals surface area contributed by atoms with Crippen molar-refractivity contribution in [2.24, 2.45) is 0 Å². The van der Waals surface area contributed by atoms with Gasteiger partial charge in [-0.2, -0.15) is 0 Å². The molecule has 2 aromatic heterocycles. The normalized spacial score (nSPS) is 10.7. The van der Waals surface area contributed by atoms with Crippen molar-refractivity contribution in [3.8, 4) is 5.69 Å². The summed E-state index contributed by atoms with van der Waals surface area (Å²) >= 11 is 6.15. The summed E-state index contributed by atoms with van der Waals surface area (Å²) < 4.78 is 1.61. The zero-order valence-electron chi connectivity index (χ0n) is 12.1. The number of hydrogen-bond acceptors (Lipinski definition) is 4. The first-order valence-electron chi connectivity index (χ1n) is 6.71. The molecular formula is C16H13ClN4O. The monoisotopic (exact) mass is 312 g/mol. The maximum Gasteiger partial charge on any atom is 0.215 e. The van der Waals surface area contributed by atoms with Crippen LogP contribution in [-0.2, 0) is 0 Å². The summed E-state index contributed by atoms with van der Waals surface area (Å²) in [5, 5.41) is 8.74. The number of nitrogens with zero attached hydrogens (tertiary/aromatic N) is 4. The van der Waals surface area contributed by atoms with Crippen molar-refractivity contribution >= 4 is 17.4 Å². The van der Waals surface area contributed by atoms with Gasteiger partial charge < -0.3 is 0 Å².